The van der Waals surface area contributed by atoms with Crippen LogP contribution in [0.2, 0.25) is 0 Å². The summed E-state index contributed by atoms with van der Waals surface area (Å²) in [5, 5.41) is 6.15. The number of sulfonamides is 1. The Balaban J connectivity index is 1.78. The number of aliphatic imine (C=N–C) groups is 1. The van der Waals surface area contributed by atoms with Crippen LogP contribution in [0.3, 0.4) is 0 Å². The van der Waals surface area contributed by atoms with E-state index in [4.69, 9.17) is 0 Å². The molecule has 1 saturated heterocycles. The number of hydrogen-bond donors (Lipinski definition) is 2. The van der Waals surface area contributed by atoms with Gasteiger partial charge >= 0.3 is 0 Å². The highest BCUT2D eigenvalue weighted by atomic mass is 32.2. The molecule has 128 valence electrons. The SMILES string of the molecule is CN=C(NCCN1CCCS1(=O)=O)NCc1ccc(C)c(F)c1. The molecule has 0 atom stereocenters. The van der Waals surface area contributed by atoms with Crippen LogP contribution in [0.25, 0.3) is 0 Å². The maximum atomic E-state index is 13.5. The van der Waals surface area contributed by atoms with Crippen molar-refractivity contribution < 1.29 is 12.8 Å². The third-order valence-corrected chi connectivity index (χ3v) is 5.73. The van der Waals surface area contributed by atoms with Crippen molar-refractivity contribution in [1.29, 1.82) is 0 Å². The van der Waals surface area contributed by atoms with E-state index in [2.05, 4.69) is 15.6 Å². The molecule has 0 aromatic heterocycles. The number of nitrogens with one attached hydrogen (secondary N) is 2. The molecule has 0 radical (unpaired) electrons. The number of rotatable bonds is 5. The van der Waals surface area contributed by atoms with Crippen molar-refractivity contribution in [3.8, 4) is 0 Å². The second-order valence-corrected chi connectivity index (χ2v) is 7.59. The highest BCUT2D eigenvalue weighted by molar-refractivity contribution is 7.89. The normalized spacial score (nSPS) is 18.1. The molecule has 1 aliphatic rings. The van der Waals surface area contributed by atoms with Crippen LogP contribution < -0.4 is 10.6 Å². The molecule has 6 nitrogen and oxygen atoms in total. The van der Waals surface area contributed by atoms with E-state index in [1.165, 1.54) is 10.4 Å². The Morgan fingerprint density at radius 1 is 1.39 bits per heavy atom. The van der Waals surface area contributed by atoms with Gasteiger partial charge in [-0.1, -0.05) is 12.1 Å². The third kappa shape index (κ3) is 4.90. The van der Waals surface area contributed by atoms with E-state index in [-0.39, 0.29) is 11.6 Å². The van der Waals surface area contributed by atoms with Crippen molar-refractivity contribution in [1.82, 2.24) is 14.9 Å². The lowest BCUT2D eigenvalue weighted by atomic mass is 10.1. The standard InChI is InChI=1S/C15H23FN4O2S/c1-12-4-5-13(10-14(12)16)11-19-15(17-2)18-6-8-20-7-3-9-23(20,21)22/h4-5,10H,3,6-9,11H2,1-2H3,(H2,17,18,19). The van der Waals surface area contributed by atoms with Crippen LogP contribution >= 0.6 is 0 Å². The highest BCUT2D eigenvalue weighted by Crippen LogP contribution is 2.11. The molecule has 0 unspecified atom stereocenters. The summed E-state index contributed by atoms with van der Waals surface area (Å²) in [5.74, 6) is 0.563. The lowest BCUT2D eigenvalue weighted by molar-refractivity contribution is 0.445. The van der Waals surface area contributed by atoms with Crippen molar-refractivity contribution in [3.63, 3.8) is 0 Å². The van der Waals surface area contributed by atoms with Crippen LogP contribution in [0.4, 0.5) is 4.39 Å². The van der Waals surface area contributed by atoms with Crippen LogP contribution in [0.1, 0.15) is 17.5 Å². The fourth-order valence-corrected chi connectivity index (χ4v) is 3.92. The largest absolute Gasteiger partial charge is 0.355 e. The Kier molecular flexibility index (Phi) is 5.95. The lowest BCUT2D eigenvalue weighted by Crippen LogP contribution is -2.41. The maximum Gasteiger partial charge on any atom is 0.214 e. The first-order valence-electron chi connectivity index (χ1n) is 7.60. The van der Waals surface area contributed by atoms with E-state index in [1.54, 1.807) is 20.0 Å². The van der Waals surface area contributed by atoms with E-state index in [1.807, 2.05) is 6.07 Å². The summed E-state index contributed by atoms with van der Waals surface area (Å²) in [7, 11) is -1.43. The predicted molar refractivity (Wildman–Crippen MR) is 89.3 cm³/mol. The molecule has 1 aromatic carbocycles. The Hall–Kier alpha value is -1.67. The zero-order valence-corrected chi connectivity index (χ0v) is 14.3. The van der Waals surface area contributed by atoms with E-state index in [0.717, 1.165) is 5.56 Å². The zero-order valence-electron chi connectivity index (χ0n) is 13.5. The molecule has 0 aliphatic carbocycles. The summed E-state index contributed by atoms with van der Waals surface area (Å²) in [6.45, 7) is 3.64. The topological polar surface area (TPSA) is 73.8 Å². The van der Waals surface area contributed by atoms with Gasteiger partial charge in [-0.25, -0.2) is 17.1 Å². The fraction of sp³-hybridized carbons (Fsp3) is 0.533. The van der Waals surface area contributed by atoms with Gasteiger partial charge in [-0.05, 0) is 30.5 Å². The molecule has 2 N–H and O–H groups in total. The van der Waals surface area contributed by atoms with Gasteiger partial charge in [-0.2, -0.15) is 0 Å². The second kappa shape index (κ2) is 7.74. The van der Waals surface area contributed by atoms with E-state index >= 15 is 0 Å². The molecule has 1 fully saturated rings. The van der Waals surface area contributed by atoms with Gasteiger partial charge in [0.2, 0.25) is 10.0 Å². The number of nitrogens with zero attached hydrogens (tertiary/aromatic N) is 2. The molecule has 1 aromatic rings. The summed E-state index contributed by atoms with van der Waals surface area (Å²) >= 11 is 0. The van der Waals surface area contributed by atoms with Gasteiger partial charge in [0, 0.05) is 33.2 Å². The van der Waals surface area contributed by atoms with Crippen molar-refractivity contribution in [3.05, 3.63) is 35.1 Å². The van der Waals surface area contributed by atoms with Crippen LogP contribution in [0.5, 0.6) is 0 Å². The van der Waals surface area contributed by atoms with E-state index < -0.39 is 10.0 Å². The molecule has 0 spiro atoms. The van der Waals surface area contributed by atoms with Gasteiger partial charge in [0.25, 0.3) is 0 Å². The molecule has 23 heavy (non-hydrogen) atoms. The Morgan fingerprint density at radius 3 is 2.78 bits per heavy atom. The molecule has 8 heteroatoms. The van der Waals surface area contributed by atoms with E-state index in [9.17, 15) is 12.8 Å². The molecular formula is C15H23FN4O2S. The third-order valence-electron chi connectivity index (χ3n) is 3.78. The minimum Gasteiger partial charge on any atom is -0.355 e. The maximum absolute atomic E-state index is 13.5. The summed E-state index contributed by atoms with van der Waals surface area (Å²) < 4.78 is 38.4. The number of aryl methyl sites for hydroxylation is 1. The first-order valence-corrected chi connectivity index (χ1v) is 9.20. The number of benzene rings is 1. The minimum absolute atomic E-state index is 0.230. The van der Waals surface area contributed by atoms with Gasteiger partial charge in [0.05, 0.1) is 5.75 Å². The van der Waals surface area contributed by atoms with E-state index in [0.29, 0.717) is 44.1 Å². The quantitative estimate of drug-likeness (QED) is 0.614. The summed E-state index contributed by atoms with van der Waals surface area (Å²) in [4.78, 5) is 4.08. The number of guanidine groups is 1. The summed E-state index contributed by atoms with van der Waals surface area (Å²) in [6.07, 6.45) is 0.689. The molecular weight excluding hydrogens is 319 g/mol. The second-order valence-electron chi connectivity index (χ2n) is 5.50. The van der Waals surface area contributed by atoms with Gasteiger partial charge < -0.3 is 10.6 Å². The summed E-state index contributed by atoms with van der Waals surface area (Å²) in [5.41, 5.74) is 1.43. The molecule has 1 aliphatic heterocycles. The molecule has 0 amide bonds. The number of halogens is 1. The van der Waals surface area contributed by atoms with Crippen molar-refractivity contribution >= 4 is 16.0 Å². The average Bonchev–Trinajstić information content (AvgIpc) is 2.85. The highest BCUT2D eigenvalue weighted by Gasteiger charge is 2.27. The van der Waals surface area contributed by atoms with Crippen LogP contribution in [0, 0.1) is 12.7 Å². The Bertz CT molecular complexity index is 676. The van der Waals surface area contributed by atoms with Gasteiger partial charge in [0.1, 0.15) is 5.82 Å². The average molecular weight is 342 g/mol. The van der Waals surface area contributed by atoms with Crippen LogP contribution in [-0.2, 0) is 16.6 Å². The molecule has 0 bridgehead atoms. The summed E-state index contributed by atoms with van der Waals surface area (Å²) in [6, 6.07) is 5.09. The lowest BCUT2D eigenvalue weighted by Gasteiger charge is -2.16. The first kappa shape index (κ1) is 17.7. The van der Waals surface area contributed by atoms with Crippen molar-refractivity contribution in [2.24, 2.45) is 4.99 Å². The zero-order chi connectivity index (χ0) is 16.9. The van der Waals surface area contributed by atoms with Gasteiger partial charge in [-0.15, -0.1) is 0 Å². The van der Waals surface area contributed by atoms with Crippen molar-refractivity contribution in [2.75, 3.05) is 32.4 Å². The van der Waals surface area contributed by atoms with Gasteiger partial charge in [0.15, 0.2) is 5.96 Å². The fourth-order valence-electron chi connectivity index (χ4n) is 2.39. The van der Waals surface area contributed by atoms with Crippen LogP contribution in [-0.4, -0.2) is 51.1 Å². The number of hydrogen-bond acceptors (Lipinski definition) is 3. The van der Waals surface area contributed by atoms with Gasteiger partial charge in [-0.3, -0.25) is 4.99 Å². The molecule has 1 heterocycles. The molecule has 0 saturated carbocycles. The smallest absolute Gasteiger partial charge is 0.214 e. The molecule has 2 rings (SSSR count). The monoisotopic (exact) mass is 342 g/mol. The Morgan fingerprint density at radius 2 is 2.17 bits per heavy atom. The minimum atomic E-state index is -3.06. The Labute approximate surface area is 136 Å². The first-order chi connectivity index (χ1) is 10.9. The van der Waals surface area contributed by atoms with Crippen molar-refractivity contribution in [2.45, 2.75) is 19.9 Å². The van der Waals surface area contributed by atoms with Crippen LogP contribution in [0.15, 0.2) is 23.2 Å². The predicted octanol–water partition coefficient (Wildman–Crippen LogP) is 0.835.